The maximum absolute atomic E-state index is 4.62. The van der Waals surface area contributed by atoms with Gasteiger partial charge in [-0.3, -0.25) is 0 Å². The Balaban J connectivity index is 1.65. The molecule has 31 heavy (non-hydrogen) atoms. The Kier molecular flexibility index (Phi) is 13.2. The van der Waals surface area contributed by atoms with E-state index in [1.807, 2.05) is 12.4 Å². The van der Waals surface area contributed by atoms with Crippen LogP contribution in [0, 0.1) is 5.92 Å². The van der Waals surface area contributed by atoms with E-state index in [1.54, 1.807) is 0 Å². The lowest BCUT2D eigenvalue weighted by Crippen LogP contribution is -1.94. The summed E-state index contributed by atoms with van der Waals surface area (Å²) >= 11 is 0. The molecule has 1 aromatic carbocycles. The Morgan fingerprint density at radius 2 is 1.19 bits per heavy atom. The smallest absolute Gasteiger partial charge is 0.159 e. The highest BCUT2D eigenvalue weighted by Crippen LogP contribution is 2.18. The van der Waals surface area contributed by atoms with Crippen LogP contribution in [0.2, 0.25) is 0 Å². The van der Waals surface area contributed by atoms with E-state index in [9.17, 15) is 0 Å². The van der Waals surface area contributed by atoms with E-state index >= 15 is 0 Å². The van der Waals surface area contributed by atoms with Gasteiger partial charge < -0.3 is 0 Å². The van der Waals surface area contributed by atoms with Crippen molar-refractivity contribution in [2.45, 2.75) is 117 Å². The van der Waals surface area contributed by atoms with Crippen LogP contribution in [0.3, 0.4) is 0 Å². The lowest BCUT2D eigenvalue weighted by atomic mass is 9.99. The van der Waals surface area contributed by atoms with Crippen molar-refractivity contribution < 1.29 is 0 Å². The first kappa shape index (κ1) is 25.6. The van der Waals surface area contributed by atoms with Crippen LogP contribution < -0.4 is 0 Å². The standard InChI is InChI=1S/C29H46N2/c1-4-6-7-8-9-10-15-18-27-23-30-29(31-24-27)28-21-19-26(20-22-28)17-14-12-11-13-16-25(3)5-2/h19-25H,4-18H2,1-3H3. The molecule has 0 radical (unpaired) electrons. The van der Waals surface area contributed by atoms with Crippen LogP contribution in [-0.4, -0.2) is 9.97 Å². The molecule has 0 N–H and O–H groups in total. The lowest BCUT2D eigenvalue weighted by molar-refractivity contribution is 0.475. The molecule has 0 saturated carbocycles. The summed E-state index contributed by atoms with van der Waals surface area (Å²) in [7, 11) is 0. The molecule has 2 rings (SSSR count). The zero-order valence-electron chi connectivity index (χ0n) is 20.5. The number of nitrogens with zero attached hydrogens (tertiary/aromatic N) is 2. The molecule has 172 valence electrons. The summed E-state index contributed by atoms with van der Waals surface area (Å²) in [6.45, 7) is 6.94. The van der Waals surface area contributed by atoms with Crippen molar-refractivity contribution in [1.29, 1.82) is 0 Å². The number of benzene rings is 1. The zero-order chi connectivity index (χ0) is 22.2. The van der Waals surface area contributed by atoms with E-state index < -0.39 is 0 Å². The molecular formula is C29H46N2. The topological polar surface area (TPSA) is 25.8 Å². The fourth-order valence-electron chi connectivity index (χ4n) is 4.12. The number of aromatic nitrogens is 2. The molecule has 1 heterocycles. The molecule has 0 aliphatic rings. The number of hydrogen-bond donors (Lipinski definition) is 0. The van der Waals surface area contributed by atoms with Crippen molar-refractivity contribution in [2.75, 3.05) is 0 Å². The van der Waals surface area contributed by atoms with Gasteiger partial charge >= 0.3 is 0 Å². The second kappa shape index (κ2) is 16.0. The second-order valence-electron chi connectivity index (χ2n) is 9.45. The highest BCUT2D eigenvalue weighted by Gasteiger charge is 2.03. The average Bonchev–Trinajstić information content (AvgIpc) is 2.81. The third-order valence-electron chi connectivity index (χ3n) is 6.60. The van der Waals surface area contributed by atoms with Gasteiger partial charge in [-0.2, -0.15) is 0 Å². The Morgan fingerprint density at radius 1 is 0.645 bits per heavy atom. The minimum atomic E-state index is 0.847. The van der Waals surface area contributed by atoms with Crippen molar-refractivity contribution in [3.05, 3.63) is 47.8 Å². The highest BCUT2D eigenvalue weighted by molar-refractivity contribution is 5.55. The van der Waals surface area contributed by atoms with Gasteiger partial charge in [0.05, 0.1) is 0 Å². The molecule has 1 unspecified atom stereocenters. The van der Waals surface area contributed by atoms with Crippen molar-refractivity contribution in [2.24, 2.45) is 5.92 Å². The number of hydrogen-bond acceptors (Lipinski definition) is 2. The quantitative estimate of drug-likeness (QED) is 0.238. The molecule has 0 aliphatic heterocycles. The SMILES string of the molecule is CCCCCCCCCc1cnc(-c2ccc(CCCCCCC(C)CC)cc2)nc1. The van der Waals surface area contributed by atoms with E-state index in [4.69, 9.17) is 0 Å². The van der Waals surface area contributed by atoms with Crippen LogP contribution in [0.25, 0.3) is 11.4 Å². The van der Waals surface area contributed by atoms with Crippen molar-refractivity contribution >= 4 is 0 Å². The number of unbranched alkanes of at least 4 members (excludes halogenated alkanes) is 9. The predicted molar refractivity (Wildman–Crippen MR) is 135 cm³/mol. The molecule has 0 saturated heterocycles. The van der Waals surface area contributed by atoms with Crippen molar-refractivity contribution in [3.8, 4) is 11.4 Å². The van der Waals surface area contributed by atoms with Gasteiger partial charge in [0.1, 0.15) is 0 Å². The Labute approximate surface area is 192 Å². The van der Waals surface area contributed by atoms with E-state index in [0.717, 1.165) is 23.7 Å². The lowest BCUT2D eigenvalue weighted by Gasteiger charge is -2.08. The highest BCUT2D eigenvalue weighted by atomic mass is 14.9. The third-order valence-corrected chi connectivity index (χ3v) is 6.60. The summed E-state index contributed by atoms with van der Waals surface area (Å²) in [6.07, 6.45) is 23.9. The van der Waals surface area contributed by atoms with E-state index in [1.165, 1.54) is 101 Å². The predicted octanol–water partition coefficient (Wildman–Crippen LogP) is 8.98. The summed E-state index contributed by atoms with van der Waals surface area (Å²) in [5, 5.41) is 0. The molecule has 0 aliphatic carbocycles. The molecule has 0 spiro atoms. The Bertz CT molecular complexity index is 675. The minimum Gasteiger partial charge on any atom is -0.236 e. The minimum absolute atomic E-state index is 0.847. The van der Waals surface area contributed by atoms with Gasteiger partial charge in [-0.25, -0.2) is 9.97 Å². The molecule has 0 bridgehead atoms. The molecule has 1 aromatic heterocycles. The fourth-order valence-corrected chi connectivity index (χ4v) is 4.12. The van der Waals surface area contributed by atoms with Gasteiger partial charge in [-0.05, 0) is 42.7 Å². The first-order valence-electron chi connectivity index (χ1n) is 13.1. The molecule has 0 fully saturated rings. The van der Waals surface area contributed by atoms with Crippen molar-refractivity contribution in [3.63, 3.8) is 0 Å². The normalized spacial score (nSPS) is 12.2. The molecule has 0 amide bonds. The van der Waals surface area contributed by atoms with E-state index in [2.05, 4.69) is 55.0 Å². The molecular weight excluding hydrogens is 376 g/mol. The maximum atomic E-state index is 4.62. The van der Waals surface area contributed by atoms with E-state index in [-0.39, 0.29) is 0 Å². The number of rotatable bonds is 17. The molecule has 2 heteroatoms. The van der Waals surface area contributed by atoms with Crippen LogP contribution >= 0.6 is 0 Å². The van der Waals surface area contributed by atoms with Crippen LogP contribution in [0.1, 0.15) is 115 Å². The van der Waals surface area contributed by atoms with Crippen molar-refractivity contribution in [1.82, 2.24) is 9.97 Å². The average molecular weight is 423 g/mol. The third kappa shape index (κ3) is 10.9. The molecule has 2 aromatic rings. The first-order chi connectivity index (χ1) is 15.2. The second-order valence-corrected chi connectivity index (χ2v) is 9.45. The van der Waals surface area contributed by atoms with Crippen LogP contribution in [0.15, 0.2) is 36.7 Å². The van der Waals surface area contributed by atoms with Gasteiger partial charge in [0.2, 0.25) is 0 Å². The van der Waals surface area contributed by atoms with Gasteiger partial charge in [-0.15, -0.1) is 0 Å². The largest absolute Gasteiger partial charge is 0.236 e. The summed E-state index contributed by atoms with van der Waals surface area (Å²) < 4.78 is 0. The van der Waals surface area contributed by atoms with Gasteiger partial charge in [0.25, 0.3) is 0 Å². The van der Waals surface area contributed by atoms with Crippen LogP contribution in [-0.2, 0) is 12.8 Å². The van der Waals surface area contributed by atoms with Crippen LogP contribution in [0.4, 0.5) is 0 Å². The number of aryl methyl sites for hydroxylation is 2. The summed E-state index contributed by atoms with van der Waals surface area (Å²) in [5.41, 5.74) is 3.82. The Hall–Kier alpha value is -1.70. The molecule has 1 atom stereocenters. The van der Waals surface area contributed by atoms with Gasteiger partial charge in [0, 0.05) is 18.0 Å². The van der Waals surface area contributed by atoms with Gasteiger partial charge in [-0.1, -0.05) is 116 Å². The monoisotopic (exact) mass is 422 g/mol. The Morgan fingerprint density at radius 3 is 1.81 bits per heavy atom. The van der Waals surface area contributed by atoms with E-state index in [0.29, 0.717) is 0 Å². The summed E-state index contributed by atoms with van der Waals surface area (Å²) in [5.74, 6) is 1.74. The summed E-state index contributed by atoms with van der Waals surface area (Å²) in [4.78, 5) is 9.25. The maximum Gasteiger partial charge on any atom is 0.159 e. The fraction of sp³-hybridized carbons (Fsp3) is 0.655. The molecule has 2 nitrogen and oxygen atoms in total. The zero-order valence-corrected chi connectivity index (χ0v) is 20.5. The van der Waals surface area contributed by atoms with Crippen LogP contribution in [0.5, 0.6) is 0 Å². The van der Waals surface area contributed by atoms with Gasteiger partial charge in [0.15, 0.2) is 5.82 Å². The summed E-state index contributed by atoms with van der Waals surface area (Å²) in [6, 6.07) is 8.88. The first-order valence-corrected chi connectivity index (χ1v) is 13.1.